The van der Waals surface area contributed by atoms with Gasteiger partial charge in [0.1, 0.15) is 11.3 Å². The van der Waals surface area contributed by atoms with Gasteiger partial charge < -0.3 is 14.7 Å². The van der Waals surface area contributed by atoms with E-state index in [-0.39, 0.29) is 18.4 Å². The summed E-state index contributed by atoms with van der Waals surface area (Å²) in [6, 6.07) is 4.03. The molecule has 0 aliphatic rings. The number of hydrogen-bond acceptors (Lipinski definition) is 4. The Bertz CT molecular complexity index is 750. The first-order valence-corrected chi connectivity index (χ1v) is 7.76. The van der Waals surface area contributed by atoms with Crippen LogP contribution in [-0.4, -0.2) is 35.5 Å². The van der Waals surface area contributed by atoms with E-state index in [4.69, 9.17) is 4.52 Å². The molecule has 1 N–H and O–H groups in total. The van der Waals surface area contributed by atoms with Gasteiger partial charge in [0, 0.05) is 12.7 Å². The predicted octanol–water partition coefficient (Wildman–Crippen LogP) is 2.93. The second kappa shape index (κ2) is 6.86. The number of amides is 2. The van der Waals surface area contributed by atoms with Crippen molar-refractivity contribution in [3.63, 3.8) is 0 Å². The molecule has 2 rings (SSSR count). The Morgan fingerprint density at radius 1 is 1.12 bits per heavy atom. The molecule has 0 saturated carbocycles. The van der Waals surface area contributed by atoms with E-state index >= 15 is 0 Å². The predicted molar refractivity (Wildman–Crippen MR) is 92.2 cm³/mol. The summed E-state index contributed by atoms with van der Waals surface area (Å²) in [5.74, 6) is -0.0682. The lowest BCUT2D eigenvalue weighted by molar-refractivity contribution is -0.116. The normalized spacial score (nSPS) is 10.6. The first kappa shape index (κ1) is 17.7. The number of benzene rings is 1. The van der Waals surface area contributed by atoms with Crippen LogP contribution in [0.15, 0.2) is 16.7 Å². The number of anilines is 1. The highest BCUT2D eigenvalue weighted by Crippen LogP contribution is 2.22. The van der Waals surface area contributed by atoms with E-state index < -0.39 is 0 Å². The van der Waals surface area contributed by atoms with Gasteiger partial charge in [0.2, 0.25) is 5.91 Å². The zero-order chi connectivity index (χ0) is 18.0. The molecule has 0 fully saturated rings. The van der Waals surface area contributed by atoms with Crippen molar-refractivity contribution < 1.29 is 14.1 Å². The number of nitrogens with zero attached hydrogens (tertiary/aromatic N) is 2. The summed E-state index contributed by atoms with van der Waals surface area (Å²) < 4.78 is 5.01. The number of nitrogens with one attached hydrogen (secondary N) is 1. The fourth-order valence-corrected chi connectivity index (χ4v) is 2.82. The van der Waals surface area contributed by atoms with Crippen LogP contribution >= 0.6 is 0 Å². The van der Waals surface area contributed by atoms with E-state index in [2.05, 4.69) is 10.5 Å². The first-order chi connectivity index (χ1) is 11.2. The van der Waals surface area contributed by atoms with Crippen molar-refractivity contribution in [1.82, 2.24) is 10.1 Å². The van der Waals surface area contributed by atoms with Crippen LogP contribution in [0.4, 0.5) is 5.69 Å². The fraction of sp³-hybridized carbons (Fsp3) is 0.389. The lowest BCUT2D eigenvalue weighted by atomic mass is 10.1. The van der Waals surface area contributed by atoms with Gasteiger partial charge in [-0.15, -0.1) is 0 Å². The Morgan fingerprint density at radius 2 is 1.71 bits per heavy atom. The summed E-state index contributed by atoms with van der Waals surface area (Å²) >= 11 is 0. The fourth-order valence-electron chi connectivity index (χ4n) is 2.82. The van der Waals surface area contributed by atoms with Gasteiger partial charge in [-0.2, -0.15) is 0 Å². The molecular weight excluding hydrogens is 306 g/mol. The van der Waals surface area contributed by atoms with Gasteiger partial charge in [0.15, 0.2) is 0 Å². The van der Waals surface area contributed by atoms with Crippen LogP contribution in [0.3, 0.4) is 0 Å². The maximum atomic E-state index is 12.5. The number of likely N-dealkylation sites (N-methyl/N-ethyl adjacent to an activating group) is 1. The van der Waals surface area contributed by atoms with Crippen LogP contribution < -0.4 is 5.32 Å². The first-order valence-electron chi connectivity index (χ1n) is 7.76. The zero-order valence-corrected chi connectivity index (χ0v) is 15.0. The van der Waals surface area contributed by atoms with Crippen LogP contribution in [-0.2, 0) is 4.79 Å². The minimum absolute atomic E-state index is 0.0460. The maximum Gasteiger partial charge on any atom is 0.259 e. The van der Waals surface area contributed by atoms with Gasteiger partial charge in [-0.1, -0.05) is 22.9 Å². The molecule has 0 aliphatic heterocycles. The van der Waals surface area contributed by atoms with Crippen molar-refractivity contribution in [1.29, 1.82) is 0 Å². The van der Waals surface area contributed by atoms with Crippen LogP contribution in [0.5, 0.6) is 0 Å². The Kier molecular flexibility index (Phi) is 5.07. The summed E-state index contributed by atoms with van der Waals surface area (Å²) in [4.78, 5) is 26.1. The van der Waals surface area contributed by atoms with E-state index in [1.54, 1.807) is 20.9 Å². The van der Waals surface area contributed by atoms with Crippen LogP contribution in [0.1, 0.15) is 38.5 Å². The Morgan fingerprint density at radius 3 is 2.21 bits per heavy atom. The third kappa shape index (κ3) is 3.64. The Hall–Kier alpha value is -2.63. The maximum absolute atomic E-state index is 12.5. The van der Waals surface area contributed by atoms with Crippen molar-refractivity contribution in [3.05, 3.63) is 45.8 Å². The molecule has 2 amide bonds. The lowest BCUT2D eigenvalue weighted by Crippen LogP contribution is -2.35. The SMILES string of the molecule is Cc1cc(C)c(NC(=O)CN(C)C(=O)c2c(C)noc2C)c(C)c1. The molecule has 1 aromatic carbocycles. The van der Waals surface area contributed by atoms with Gasteiger partial charge in [-0.25, -0.2) is 0 Å². The molecule has 0 radical (unpaired) electrons. The van der Waals surface area contributed by atoms with E-state index in [1.165, 1.54) is 4.90 Å². The molecule has 0 spiro atoms. The molecule has 2 aromatic rings. The standard InChI is InChI=1S/C18H23N3O3/c1-10-7-11(2)17(12(3)8-10)19-15(22)9-21(6)18(23)16-13(4)20-24-14(16)5/h7-8H,9H2,1-6H3,(H,19,22). The summed E-state index contributed by atoms with van der Waals surface area (Å²) in [6.45, 7) is 9.26. The van der Waals surface area contributed by atoms with Crippen LogP contribution in [0.2, 0.25) is 0 Å². The summed E-state index contributed by atoms with van der Waals surface area (Å²) in [6.07, 6.45) is 0. The Labute approximate surface area is 141 Å². The molecule has 0 unspecified atom stereocenters. The topological polar surface area (TPSA) is 75.4 Å². The molecule has 6 nitrogen and oxygen atoms in total. The number of aromatic nitrogens is 1. The molecular formula is C18H23N3O3. The molecule has 6 heteroatoms. The molecule has 0 saturated heterocycles. The molecule has 24 heavy (non-hydrogen) atoms. The summed E-state index contributed by atoms with van der Waals surface area (Å²) in [5.41, 5.74) is 4.88. The molecule has 1 heterocycles. The largest absolute Gasteiger partial charge is 0.361 e. The second-order valence-corrected chi connectivity index (χ2v) is 6.18. The van der Waals surface area contributed by atoms with Crippen molar-refractivity contribution in [2.45, 2.75) is 34.6 Å². The van der Waals surface area contributed by atoms with E-state index in [9.17, 15) is 9.59 Å². The van der Waals surface area contributed by atoms with Gasteiger partial charge in [-0.3, -0.25) is 9.59 Å². The smallest absolute Gasteiger partial charge is 0.259 e. The van der Waals surface area contributed by atoms with E-state index in [0.717, 1.165) is 22.4 Å². The Balaban J connectivity index is 2.09. The quantitative estimate of drug-likeness (QED) is 0.936. The van der Waals surface area contributed by atoms with Gasteiger partial charge in [0.25, 0.3) is 5.91 Å². The van der Waals surface area contributed by atoms with Gasteiger partial charge >= 0.3 is 0 Å². The monoisotopic (exact) mass is 329 g/mol. The highest BCUT2D eigenvalue weighted by Gasteiger charge is 2.22. The van der Waals surface area contributed by atoms with Gasteiger partial charge in [0.05, 0.1) is 12.2 Å². The number of rotatable bonds is 4. The van der Waals surface area contributed by atoms with Crippen LogP contribution in [0.25, 0.3) is 0 Å². The average molecular weight is 329 g/mol. The highest BCUT2D eigenvalue weighted by molar-refractivity contribution is 6.00. The minimum Gasteiger partial charge on any atom is -0.361 e. The minimum atomic E-state index is -0.279. The van der Waals surface area contributed by atoms with Crippen molar-refractivity contribution in [2.24, 2.45) is 0 Å². The number of carbonyl (C=O) groups is 2. The molecule has 0 aliphatic carbocycles. The molecule has 0 atom stereocenters. The van der Waals surface area contributed by atoms with Crippen molar-refractivity contribution in [2.75, 3.05) is 18.9 Å². The number of carbonyl (C=O) groups excluding carboxylic acids is 2. The van der Waals surface area contributed by atoms with E-state index in [0.29, 0.717) is 17.0 Å². The van der Waals surface area contributed by atoms with Crippen LogP contribution in [0, 0.1) is 34.6 Å². The van der Waals surface area contributed by atoms with Crippen molar-refractivity contribution >= 4 is 17.5 Å². The molecule has 0 bridgehead atoms. The number of hydrogen-bond donors (Lipinski definition) is 1. The van der Waals surface area contributed by atoms with Gasteiger partial charge in [-0.05, 0) is 45.7 Å². The van der Waals surface area contributed by atoms with Crippen molar-refractivity contribution in [3.8, 4) is 0 Å². The molecule has 1 aromatic heterocycles. The third-order valence-electron chi connectivity index (χ3n) is 3.92. The van der Waals surface area contributed by atoms with E-state index in [1.807, 2.05) is 32.9 Å². The second-order valence-electron chi connectivity index (χ2n) is 6.18. The zero-order valence-electron chi connectivity index (χ0n) is 15.0. The lowest BCUT2D eigenvalue weighted by Gasteiger charge is -2.18. The third-order valence-corrected chi connectivity index (χ3v) is 3.92. The summed E-state index contributed by atoms with van der Waals surface area (Å²) in [5, 5.41) is 6.67. The highest BCUT2D eigenvalue weighted by atomic mass is 16.5. The molecule has 128 valence electrons. The average Bonchev–Trinajstić information content (AvgIpc) is 2.81. The summed E-state index contributed by atoms with van der Waals surface area (Å²) in [7, 11) is 1.59. The number of aryl methyl sites for hydroxylation is 5.